The van der Waals surface area contributed by atoms with E-state index in [-0.39, 0.29) is 24.3 Å². The van der Waals surface area contributed by atoms with Crippen LogP contribution in [0.5, 0.6) is 5.75 Å². The maximum atomic E-state index is 13.1. The van der Waals surface area contributed by atoms with E-state index in [4.69, 9.17) is 9.47 Å². The van der Waals surface area contributed by atoms with Gasteiger partial charge in [0, 0.05) is 18.9 Å². The Kier molecular flexibility index (Phi) is 19.7. The third-order valence-corrected chi connectivity index (χ3v) is 8.45. The smallest absolute Gasteiger partial charge is 0.306 e. The second-order valence-electron chi connectivity index (χ2n) is 12.0. The second-order valence-corrected chi connectivity index (χ2v) is 12.0. The van der Waals surface area contributed by atoms with Crippen LogP contribution in [0, 0.1) is 0 Å². The average molecular weight is 566 g/mol. The molecule has 4 nitrogen and oxygen atoms in total. The summed E-state index contributed by atoms with van der Waals surface area (Å²) in [6, 6.07) is 8.38. The van der Waals surface area contributed by atoms with E-state index in [1.807, 2.05) is 12.1 Å². The van der Waals surface area contributed by atoms with Gasteiger partial charge < -0.3 is 14.4 Å². The summed E-state index contributed by atoms with van der Waals surface area (Å²) in [5.41, 5.74) is 0.843. The zero-order chi connectivity index (χ0) is 27.5. The number of unbranched alkanes of at least 4 members (excludes halogenated alkanes) is 13. The monoisotopic (exact) mass is 565 g/mol. The van der Waals surface area contributed by atoms with Gasteiger partial charge in [-0.3, -0.25) is 4.79 Å². The van der Waals surface area contributed by atoms with Crippen LogP contribution < -0.4 is 4.74 Å². The van der Waals surface area contributed by atoms with Crippen LogP contribution in [-0.4, -0.2) is 44.2 Å². The summed E-state index contributed by atoms with van der Waals surface area (Å²) in [5, 5.41) is 0. The van der Waals surface area contributed by atoms with E-state index in [9.17, 15) is 4.79 Å². The minimum atomic E-state index is -0.399. The fraction of sp³-hybridized carbons (Fsp3) is 0.794. The highest BCUT2D eigenvalue weighted by Crippen LogP contribution is 2.44. The Labute approximate surface area is 247 Å². The van der Waals surface area contributed by atoms with E-state index < -0.39 is 5.60 Å². The van der Waals surface area contributed by atoms with Gasteiger partial charge in [0.1, 0.15) is 11.4 Å². The largest absolute Gasteiger partial charge is 0.497 e. The molecule has 0 aliphatic heterocycles. The molecule has 0 bridgehead atoms. The number of carbonyl (C=O) groups excluding carboxylic acids is 1. The summed E-state index contributed by atoms with van der Waals surface area (Å²) in [4.78, 5) is 15.3. The van der Waals surface area contributed by atoms with Crippen LogP contribution in [0.3, 0.4) is 0 Å². The number of rotatable bonds is 21. The van der Waals surface area contributed by atoms with E-state index in [1.54, 1.807) is 7.11 Å². The fourth-order valence-electron chi connectivity index (χ4n) is 6.19. The van der Waals surface area contributed by atoms with E-state index >= 15 is 0 Å². The van der Waals surface area contributed by atoms with Crippen molar-refractivity contribution in [3.63, 3.8) is 0 Å². The number of carbonyl (C=O) groups is 1. The number of halogens is 1. The molecule has 1 saturated carbocycles. The second kappa shape index (κ2) is 21.5. The van der Waals surface area contributed by atoms with Gasteiger partial charge in [0.25, 0.3) is 0 Å². The topological polar surface area (TPSA) is 38.8 Å². The molecule has 1 fully saturated rings. The number of esters is 1. The van der Waals surface area contributed by atoms with E-state index in [2.05, 4.69) is 38.1 Å². The van der Waals surface area contributed by atoms with Crippen LogP contribution >= 0.6 is 12.4 Å². The first kappa shape index (κ1) is 35.8. The Hall–Kier alpha value is -1.26. The van der Waals surface area contributed by atoms with Gasteiger partial charge >= 0.3 is 5.97 Å². The van der Waals surface area contributed by atoms with Crippen LogP contribution in [0.25, 0.3) is 0 Å². The van der Waals surface area contributed by atoms with Crippen molar-refractivity contribution in [1.82, 2.24) is 4.90 Å². The minimum absolute atomic E-state index is 0. The van der Waals surface area contributed by atoms with Crippen molar-refractivity contribution < 1.29 is 14.3 Å². The highest BCUT2D eigenvalue weighted by Gasteiger charge is 2.44. The standard InChI is InChI=1S/C34H59NO3.ClH/c1-5-6-7-8-9-10-11-12-13-14-15-16-17-19-22-33(36)38-34(27-20-18-21-28-34)32(29-35(2)3)30-23-25-31(37-4)26-24-30;/h23-26,32H,5-22,27-29H2,1-4H3;1H. The molecule has 2 rings (SSSR count). The summed E-state index contributed by atoms with van der Waals surface area (Å²) in [6.45, 7) is 3.16. The number of methoxy groups -OCH3 is 1. The molecule has 0 radical (unpaired) electrons. The van der Waals surface area contributed by atoms with Crippen molar-refractivity contribution in [2.24, 2.45) is 0 Å². The molecule has 39 heavy (non-hydrogen) atoms. The van der Waals surface area contributed by atoms with Gasteiger partial charge in [0.15, 0.2) is 0 Å². The normalized spacial score (nSPS) is 15.5. The van der Waals surface area contributed by atoms with Gasteiger partial charge in [0.05, 0.1) is 7.11 Å². The van der Waals surface area contributed by atoms with Gasteiger partial charge in [-0.25, -0.2) is 0 Å². The lowest BCUT2D eigenvalue weighted by molar-refractivity contribution is -0.167. The maximum Gasteiger partial charge on any atom is 0.306 e. The number of ether oxygens (including phenoxy) is 2. The molecule has 1 unspecified atom stereocenters. The lowest BCUT2D eigenvalue weighted by Crippen LogP contribution is -2.46. The van der Waals surface area contributed by atoms with Gasteiger partial charge in [0.2, 0.25) is 0 Å². The van der Waals surface area contributed by atoms with E-state index in [0.717, 1.165) is 50.8 Å². The summed E-state index contributed by atoms with van der Waals surface area (Å²) < 4.78 is 11.9. The maximum absolute atomic E-state index is 13.1. The highest BCUT2D eigenvalue weighted by molar-refractivity contribution is 5.85. The van der Waals surface area contributed by atoms with Crippen LogP contribution in [0.4, 0.5) is 0 Å². The zero-order valence-electron chi connectivity index (χ0n) is 25.8. The van der Waals surface area contributed by atoms with Crippen molar-refractivity contribution in [3.8, 4) is 5.75 Å². The lowest BCUT2D eigenvalue weighted by Gasteiger charge is -2.44. The average Bonchev–Trinajstić information content (AvgIpc) is 2.92. The molecule has 0 aromatic heterocycles. The Balaban J connectivity index is 0.00000760. The molecular weight excluding hydrogens is 506 g/mol. The fourth-order valence-corrected chi connectivity index (χ4v) is 6.19. The molecule has 1 aromatic carbocycles. The number of benzene rings is 1. The van der Waals surface area contributed by atoms with Gasteiger partial charge in [-0.15, -0.1) is 12.4 Å². The molecule has 1 aliphatic carbocycles. The van der Waals surface area contributed by atoms with E-state index in [0.29, 0.717) is 6.42 Å². The van der Waals surface area contributed by atoms with Gasteiger partial charge in [-0.05, 0) is 63.9 Å². The van der Waals surface area contributed by atoms with Crippen molar-refractivity contribution in [3.05, 3.63) is 29.8 Å². The van der Waals surface area contributed by atoms with Gasteiger partial charge in [-0.2, -0.15) is 0 Å². The van der Waals surface area contributed by atoms with Crippen LogP contribution in [0.2, 0.25) is 0 Å². The van der Waals surface area contributed by atoms with Crippen molar-refractivity contribution in [1.29, 1.82) is 0 Å². The first-order valence-corrected chi connectivity index (χ1v) is 16.0. The Morgan fingerprint density at radius 3 is 1.74 bits per heavy atom. The summed E-state index contributed by atoms with van der Waals surface area (Å²) in [6.07, 6.45) is 24.5. The summed E-state index contributed by atoms with van der Waals surface area (Å²) in [5.74, 6) is 1.04. The minimum Gasteiger partial charge on any atom is -0.497 e. The first-order valence-electron chi connectivity index (χ1n) is 16.0. The van der Waals surface area contributed by atoms with Crippen LogP contribution in [0.1, 0.15) is 147 Å². The van der Waals surface area contributed by atoms with Crippen molar-refractivity contribution in [2.75, 3.05) is 27.7 Å². The number of likely N-dealkylation sites (N-methyl/N-ethyl adjacent to an activating group) is 1. The lowest BCUT2D eigenvalue weighted by atomic mass is 9.72. The first-order chi connectivity index (χ1) is 18.5. The summed E-state index contributed by atoms with van der Waals surface area (Å²) >= 11 is 0. The molecule has 1 aliphatic rings. The Bertz CT molecular complexity index is 730. The molecule has 1 atom stereocenters. The molecule has 5 heteroatoms. The Morgan fingerprint density at radius 2 is 1.28 bits per heavy atom. The number of nitrogens with zero attached hydrogens (tertiary/aromatic N) is 1. The van der Waals surface area contributed by atoms with Gasteiger partial charge in [-0.1, -0.05) is 109 Å². The molecule has 0 amide bonds. The third kappa shape index (κ3) is 14.3. The molecule has 0 N–H and O–H groups in total. The van der Waals surface area contributed by atoms with Crippen LogP contribution in [-0.2, 0) is 9.53 Å². The number of hydrogen-bond donors (Lipinski definition) is 0. The molecule has 0 saturated heterocycles. The predicted octanol–water partition coefficient (Wildman–Crippen LogP) is 9.88. The SMILES string of the molecule is CCCCCCCCCCCCCCCCC(=O)OC1(C(CN(C)C)c2ccc(OC)cc2)CCCCC1.Cl. The highest BCUT2D eigenvalue weighted by atomic mass is 35.5. The zero-order valence-corrected chi connectivity index (χ0v) is 26.6. The molecule has 0 heterocycles. The van der Waals surface area contributed by atoms with Crippen molar-refractivity contribution >= 4 is 18.4 Å². The van der Waals surface area contributed by atoms with Crippen molar-refractivity contribution in [2.45, 2.75) is 147 Å². The molecular formula is C34H60ClNO3. The number of hydrogen-bond acceptors (Lipinski definition) is 4. The van der Waals surface area contributed by atoms with E-state index in [1.165, 1.54) is 89.0 Å². The van der Waals surface area contributed by atoms with Crippen LogP contribution in [0.15, 0.2) is 24.3 Å². The Morgan fingerprint density at radius 1 is 0.795 bits per heavy atom. The summed E-state index contributed by atoms with van der Waals surface area (Å²) in [7, 11) is 5.93. The molecule has 226 valence electrons. The molecule has 1 aromatic rings. The third-order valence-electron chi connectivity index (χ3n) is 8.45. The quantitative estimate of drug-likeness (QED) is 0.110. The predicted molar refractivity (Wildman–Crippen MR) is 168 cm³/mol. The molecule has 0 spiro atoms.